The summed E-state index contributed by atoms with van der Waals surface area (Å²) >= 11 is 0. The van der Waals surface area contributed by atoms with Crippen LogP contribution in [-0.2, 0) is 16.1 Å². The molecule has 3 rings (SSSR count). The van der Waals surface area contributed by atoms with Crippen LogP contribution in [-0.4, -0.2) is 90.6 Å². The molecule has 7 heteroatoms. The Balaban J connectivity index is 1.47. The number of aliphatic hydroxyl groups is 1. The number of nitrogens with zero attached hydrogens (tertiary/aromatic N) is 3. The third-order valence-corrected chi connectivity index (χ3v) is 5.55. The Morgan fingerprint density at radius 3 is 2.67 bits per heavy atom. The number of hydrogen-bond donors (Lipinski definition) is 2. The minimum Gasteiger partial charge on any atom is -0.396 e. The van der Waals surface area contributed by atoms with Gasteiger partial charge in [0.2, 0.25) is 11.8 Å². The summed E-state index contributed by atoms with van der Waals surface area (Å²) in [5.41, 5.74) is 1.26. The van der Waals surface area contributed by atoms with Gasteiger partial charge >= 0.3 is 0 Å². The van der Waals surface area contributed by atoms with Gasteiger partial charge in [0.25, 0.3) is 0 Å². The van der Waals surface area contributed by atoms with Crippen molar-refractivity contribution in [2.75, 3.05) is 52.9 Å². The molecule has 2 amide bonds. The number of amides is 2. The highest BCUT2D eigenvalue weighted by Gasteiger charge is 2.31. The van der Waals surface area contributed by atoms with Crippen LogP contribution in [0.15, 0.2) is 30.3 Å². The van der Waals surface area contributed by atoms with E-state index in [4.69, 9.17) is 0 Å². The van der Waals surface area contributed by atoms with E-state index in [0.29, 0.717) is 19.6 Å². The average molecular weight is 374 g/mol. The molecular weight excluding hydrogens is 344 g/mol. The molecule has 1 aromatic rings. The second kappa shape index (κ2) is 9.30. The molecule has 0 aromatic heterocycles. The van der Waals surface area contributed by atoms with Gasteiger partial charge in [-0.2, -0.15) is 0 Å². The van der Waals surface area contributed by atoms with Crippen molar-refractivity contribution >= 4 is 11.8 Å². The molecule has 27 heavy (non-hydrogen) atoms. The first-order valence-corrected chi connectivity index (χ1v) is 9.68. The number of piperazine rings is 1. The van der Waals surface area contributed by atoms with E-state index in [1.807, 2.05) is 23.1 Å². The molecule has 0 bridgehead atoms. The second-order valence-corrected chi connectivity index (χ2v) is 7.65. The predicted molar refractivity (Wildman–Crippen MR) is 103 cm³/mol. The number of carbonyl (C=O) groups excluding carboxylic acids is 2. The van der Waals surface area contributed by atoms with Crippen molar-refractivity contribution in [3.05, 3.63) is 35.9 Å². The third-order valence-electron chi connectivity index (χ3n) is 5.55. The summed E-state index contributed by atoms with van der Waals surface area (Å²) < 4.78 is 0. The van der Waals surface area contributed by atoms with Crippen molar-refractivity contribution in [2.24, 2.45) is 5.92 Å². The molecule has 2 heterocycles. The molecular formula is C20H30N4O3. The van der Waals surface area contributed by atoms with Crippen LogP contribution in [0.4, 0.5) is 0 Å². The quantitative estimate of drug-likeness (QED) is 0.719. The first-order valence-electron chi connectivity index (χ1n) is 9.68. The minimum absolute atomic E-state index is 0.0160. The average Bonchev–Trinajstić information content (AvgIpc) is 2.66. The zero-order valence-corrected chi connectivity index (χ0v) is 16.0. The molecule has 2 N–H and O–H groups in total. The number of likely N-dealkylation sites (tertiary alicyclic amines) is 1. The first kappa shape index (κ1) is 19.8. The van der Waals surface area contributed by atoms with Gasteiger partial charge in [-0.15, -0.1) is 0 Å². The van der Waals surface area contributed by atoms with Crippen molar-refractivity contribution in [1.82, 2.24) is 20.0 Å². The molecule has 0 saturated carbocycles. The Hall–Kier alpha value is -1.96. The molecule has 2 saturated heterocycles. The van der Waals surface area contributed by atoms with Crippen LogP contribution >= 0.6 is 0 Å². The smallest absolute Gasteiger partial charge is 0.236 e. The van der Waals surface area contributed by atoms with E-state index < -0.39 is 0 Å². The minimum atomic E-state index is -0.0627. The molecule has 2 atom stereocenters. The Morgan fingerprint density at radius 1 is 1.19 bits per heavy atom. The maximum Gasteiger partial charge on any atom is 0.236 e. The summed E-state index contributed by atoms with van der Waals surface area (Å²) in [6.45, 7) is 4.49. The van der Waals surface area contributed by atoms with E-state index in [9.17, 15) is 14.7 Å². The SMILES string of the molecule is CN1CCN(CC(=O)NC2CCN(Cc3ccccc3)CC2CO)CC1=O. The molecule has 2 fully saturated rings. The summed E-state index contributed by atoms with van der Waals surface area (Å²) in [6, 6.07) is 10.3. The summed E-state index contributed by atoms with van der Waals surface area (Å²) in [5, 5.41) is 12.9. The van der Waals surface area contributed by atoms with Crippen LogP contribution in [0.3, 0.4) is 0 Å². The number of hydrogen-bond acceptors (Lipinski definition) is 5. The molecule has 0 spiro atoms. The number of likely N-dealkylation sites (N-methyl/N-ethyl adjacent to an activating group) is 1. The van der Waals surface area contributed by atoms with E-state index in [2.05, 4.69) is 22.3 Å². The molecule has 148 valence electrons. The second-order valence-electron chi connectivity index (χ2n) is 7.65. The van der Waals surface area contributed by atoms with E-state index in [1.165, 1.54) is 5.56 Å². The normalized spacial score (nSPS) is 24.8. The van der Waals surface area contributed by atoms with Gasteiger partial charge in [-0.05, 0) is 12.0 Å². The van der Waals surface area contributed by atoms with Crippen molar-refractivity contribution in [2.45, 2.75) is 19.0 Å². The van der Waals surface area contributed by atoms with Crippen LogP contribution in [0.1, 0.15) is 12.0 Å². The lowest BCUT2D eigenvalue weighted by atomic mass is 9.92. The van der Waals surface area contributed by atoms with Crippen molar-refractivity contribution < 1.29 is 14.7 Å². The molecule has 0 aliphatic carbocycles. The number of carbonyl (C=O) groups is 2. The lowest BCUT2D eigenvalue weighted by Gasteiger charge is -2.38. The molecule has 2 aliphatic rings. The molecule has 2 unspecified atom stereocenters. The Kier molecular flexibility index (Phi) is 6.82. The highest BCUT2D eigenvalue weighted by atomic mass is 16.3. The number of aliphatic hydroxyl groups excluding tert-OH is 1. The Morgan fingerprint density at radius 2 is 1.96 bits per heavy atom. The van der Waals surface area contributed by atoms with Gasteiger partial charge in [0.1, 0.15) is 0 Å². The van der Waals surface area contributed by atoms with Crippen LogP contribution in [0.25, 0.3) is 0 Å². The Bertz CT molecular complexity index is 639. The third kappa shape index (κ3) is 5.51. The van der Waals surface area contributed by atoms with Crippen LogP contribution in [0.5, 0.6) is 0 Å². The van der Waals surface area contributed by atoms with E-state index in [-0.39, 0.29) is 36.9 Å². The van der Waals surface area contributed by atoms with Crippen LogP contribution < -0.4 is 5.32 Å². The predicted octanol–water partition coefficient (Wildman–Crippen LogP) is -0.240. The highest BCUT2D eigenvalue weighted by Crippen LogP contribution is 2.19. The largest absolute Gasteiger partial charge is 0.396 e. The van der Waals surface area contributed by atoms with Crippen LogP contribution in [0, 0.1) is 5.92 Å². The fraction of sp³-hybridized carbons (Fsp3) is 0.600. The maximum atomic E-state index is 12.4. The van der Waals surface area contributed by atoms with E-state index in [1.54, 1.807) is 11.9 Å². The zero-order chi connectivity index (χ0) is 19.2. The van der Waals surface area contributed by atoms with Gasteiger partial charge < -0.3 is 15.3 Å². The van der Waals surface area contributed by atoms with Crippen LogP contribution in [0.2, 0.25) is 0 Å². The first-order chi connectivity index (χ1) is 13.0. The maximum absolute atomic E-state index is 12.4. The van der Waals surface area contributed by atoms with Gasteiger partial charge in [-0.25, -0.2) is 0 Å². The van der Waals surface area contributed by atoms with Gasteiger partial charge in [0.15, 0.2) is 0 Å². The lowest BCUT2D eigenvalue weighted by molar-refractivity contribution is -0.135. The van der Waals surface area contributed by atoms with E-state index >= 15 is 0 Å². The van der Waals surface area contributed by atoms with Crippen molar-refractivity contribution in [3.8, 4) is 0 Å². The molecule has 2 aliphatic heterocycles. The topological polar surface area (TPSA) is 76.1 Å². The zero-order valence-electron chi connectivity index (χ0n) is 16.0. The summed E-state index contributed by atoms with van der Waals surface area (Å²) in [5.74, 6) is 0.0179. The van der Waals surface area contributed by atoms with Gasteiger partial charge in [0, 0.05) is 58.3 Å². The summed E-state index contributed by atoms with van der Waals surface area (Å²) in [6.07, 6.45) is 0.825. The standard InChI is InChI=1S/C20H30N4O3/c1-22-9-10-24(14-20(22)27)13-19(26)21-18-7-8-23(12-17(18)15-25)11-16-5-3-2-4-6-16/h2-6,17-18,25H,7-15H2,1H3,(H,21,26). The fourth-order valence-electron chi connectivity index (χ4n) is 3.87. The number of nitrogens with one attached hydrogen (secondary N) is 1. The molecule has 0 radical (unpaired) electrons. The van der Waals surface area contributed by atoms with Gasteiger partial charge in [-0.3, -0.25) is 19.4 Å². The lowest BCUT2D eigenvalue weighted by Crippen LogP contribution is -2.55. The van der Waals surface area contributed by atoms with Gasteiger partial charge in [0.05, 0.1) is 13.1 Å². The number of piperidine rings is 1. The van der Waals surface area contributed by atoms with Gasteiger partial charge in [-0.1, -0.05) is 30.3 Å². The number of rotatable bonds is 6. The molecule has 7 nitrogen and oxygen atoms in total. The van der Waals surface area contributed by atoms with E-state index in [0.717, 1.165) is 26.1 Å². The summed E-state index contributed by atoms with van der Waals surface area (Å²) in [4.78, 5) is 30.1. The highest BCUT2D eigenvalue weighted by molar-refractivity contribution is 5.82. The van der Waals surface area contributed by atoms with Crippen molar-refractivity contribution in [3.63, 3.8) is 0 Å². The fourth-order valence-corrected chi connectivity index (χ4v) is 3.87. The Labute approximate surface area is 160 Å². The monoisotopic (exact) mass is 374 g/mol. The molecule has 1 aromatic carbocycles. The summed E-state index contributed by atoms with van der Waals surface area (Å²) in [7, 11) is 1.79. The number of benzene rings is 1. The van der Waals surface area contributed by atoms with Crippen molar-refractivity contribution in [1.29, 1.82) is 0 Å².